The number of nitrogens with one attached hydrogen (secondary N) is 1. The van der Waals surface area contributed by atoms with Crippen molar-refractivity contribution in [3.8, 4) is 0 Å². The lowest BCUT2D eigenvalue weighted by molar-refractivity contribution is 0.0995. The number of furan rings is 1. The number of benzene rings is 1. The molecule has 118 valence electrons. The zero-order valence-electron chi connectivity index (χ0n) is 12.6. The number of carbonyl (C=O) groups is 1. The lowest BCUT2D eigenvalue weighted by atomic mass is 9.89. The Kier molecular flexibility index (Phi) is 3.57. The first-order valence-corrected chi connectivity index (χ1v) is 7.93. The van der Waals surface area contributed by atoms with Crippen molar-refractivity contribution in [2.75, 3.05) is 5.32 Å². The Bertz CT molecular complexity index is 797. The molecule has 0 aliphatic heterocycles. The Labute approximate surface area is 132 Å². The largest absolute Gasteiger partial charge is 0.451 e. The molecule has 0 bridgehead atoms. The molecule has 0 radical (unpaired) electrons. The van der Waals surface area contributed by atoms with Crippen molar-refractivity contribution in [2.24, 2.45) is 0 Å². The second-order valence-electron chi connectivity index (χ2n) is 5.88. The third kappa shape index (κ3) is 2.84. The zero-order valence-corrected chi connectivity index (χ0v) is 12.6. The highest BCUT2D eigenvalue weighted by Crippen LogP contribution is 2.32. The van der Waals surface area contributed by atoms with E-state index in [1.165, 1.54) is 19.3 Å². The molecular formula is C17H17N3O3. The molecule has 1 aliphatic rings. The molecule has 2 aromatic heterocycles. The van der Waals surface area contributed by atoms with Crippen LogP contribution >= 0.6 is 0 Å². The number of hydrogen-bond acceptors (Lipinski definition) is 5. The van der Waals surface area contributed by atoms with Crippen LogP contribution in [0, 0.1) is 0 Å². The first kappa shape index (κ1) is 14.0. The van der Waals surface area contributed by atoms with Gasteiger partial charge in [-0.1, -0.05) is 42.6 Å². The van der Waals surface area contributed by atoms with Crippen molar-refractivity contribution in [1.82, 2.24) is 10.2 Å². The van der Waals surface area contributed by atoms with Gasteiger partial charge in [0.15, 0.2) is 5.76 Å². The number of hydrogen-bond donors (Lipinski definition) is 1. The van der Waals surface area contributed by atoms with E-state index < -0.39 is 0 Å². The van der Waals surface area contributed by atoms with Crippen LogP contribution in [-0.2, 0) is 0 Å². The van der Waals surface area contributed by atoms with Gasteiger partial charge in [0.2, 0.25) is 5.89 Å². The number of anilines is 1. The van der Waals surface area contributed by atoms with Crippen LogP contribution in [0.15, 0.2) is 39.2 Å². The minimum atomic E-state index is -0.389. The van der Waals surface area contributed by atoms with Crippen LogP contribution in [0.2, 0.25) is 0 Å². The predicted octanol–water partition coefficient (Wildman–Crippen LogP) is 4.12. The third-order valence-corrected chi connectivity index (χ3v) is 4.26. The summed E-state index contributed by atoms with van der Waals surface area (Å²) in [6, 6.07) is 9.29. The molecule has 0 unspecified atom stereocenters. The van der Waals surface area contributed by atoms with E-state index in [1.807, 2.05) is 24.3 Å². The molecule has 1 N–H and O–H groups in total. The SMILES string of the molecule is O=C(Nc1nnc(C2CCCCC2)o1)c1cc2ccccc2o1. The van der Waals surface area contributed by atoms with E-state index in [0.717, 1.165) is 18.2 Å². The quantitative estimate of drug-likeness (QED) is 0.787. The number of amides is 1. The van der Waals surface area contributed by atoms with Gasteiger partial charge in [0.05, 0.1) is 0 Å². The summed E-state index contributed by atoms with van der Waals surface area (Å²) >= 11 is 0. The fourth-order valence-corrected chi connectivity index (χ4v) is 3.05. The molecule has 0 saturated heterocycles. The van der Waals surface area contributed by atoms with Gasteiger partial charge in [-0.3, -0.25) is 10.1 Å². The summed E-state index contributed by atoms with van der Waals surface area (Å²) in [7, 11) is 0. The topological polar surface area (TPSA) is 81.2 Å². The van der Waals surface area contributed by atoms with Crippen molar-refractivity contribution in [1.29, 1.82) is 0 Å². The predicted molar refractivity (Wildman–Crippen MR) is 84.3 cm³/mol. The molecule has 3 aromatic rings. The van der Waals surface area contributed by atoms with Gasteiger partial charge in [0, 0.05) is 11.3 Å². The maximum absolute atomic E-state index is 12.2. The molecule has 2 heterocycles. The molecule has 0 spiro atoms. The number of nitrogens with zero attached hydrogens (tertiary/aromatic N) is 2. The zero-order chi connectivity index (χ0) is 15.6. The Morgan fingerprint density at radius 1 is 1.09 bits per heavy atom. The maximum atomic E-state index is 12.2. The molecule has 0 atom stereocenters. The molecule has 1 fully saturated rings. The lowest BCUT2D eigenvalue weighted by Crippen LogP contribution is -2.11. The van der Waals surface area contributed by atoms with Crippen LogP contribution in [0.3, 0.4) is 0 Å². The third-order valence-electron chi connectivity index (χ3n) is 4.26. The van der Waals surface area contributed by atoms with E-state index in [-0.39, 0.29) is 17.7 Å². The molecule has 1 aliphatic carbocycles. The highest BCUT2D eigenvalue weighted by molar-refractivity contribution is 6.03. The van der Waals surface area contributed by atoms with Crippen molar-refractivity contribution < 1.29 is 13.6 Å². The Morgan fingerprint density at radius 2 is 1.91 bits per heavy atom. The summed E-state index contributed by atoms with van der Waals surface area (Å²) in [6.07, 6.45) is 5.78. The van der Waals surface area contributed by atoms with Crippen LogP contribution in [0.25, 0.3) is 11.0 Å². The molecule has 4 rings (SSSR count). The fraction of sp³-hybridized carbons (Fsp3) is 0.353. The molecule has 1 saturated carbocycles. The van der Waals surface area contributed by atoms with Crippen molar-refractivity contribution >= 4 is 22.9 Å². The second kappa shape index (κ2) is 5.87. The van der Waals surface area contributed by atoms with Gasteiger partial charge >= 0.3 is 6.01 Å². The summed E-state index contributed by atoms with van der Waals surface area (Å²) in [4.78, 5) is 12.2. The number of fused-ring (bicyclic) bond motifs is 1. The van der Waals surface area contributed by atoms with Crippen LogP contribution in [0.1, 0.15) is 54.5 Å². The highest BCUT2D eigenvalue weighted by Gasteiger charge is 2.22. The summed E-state index contributed by atoms with van der Waals surface area (Å²) in [6.45, 7) is 0. The lowest BCUT2D eigenvalue weighted by Gasteiger charge is -2.17. The smallest absolute Gasteiger partial charge is 0.322 e. The van der Waals surface area contributed by atoms with E-state index in [0.29, 0.717) is 17.4 Å². The standard InChI is InChI=1S/C17H17N3O3/c21-15(14-10-12-8-4-5-9-13(12)22-14)18-17-20-19-16(23-17)11-6-2-1-3-7-11/h4-5,8-11H,1-3,6-7H2,(H,18,20,21). The van der Waals surface area contributed by atoms with E-state index in [2.05, 4.69) is 15.5 Å². The first-order chi connectivity index (χ1) is 11.3. The highest BCUT2D eigenvalue weighted by atomic mass is 16.4. The molecule has 23 heavy (non-hydrogen) atoms. The maximum Gasteiger partial charge on any atom is 0.322 e. The molecule has 1 aromatic carbocycles. The van der Waals surface area contributed by atoms with Crippen LogP contribution < -0.4 is 5.32 Å². The van der Waals surface area contributed by atoms with Gasteiger partial charge in [-0.05, 0) is 25.0 Å². The number of carbonyl (C=O) groups excluding carboxylic acids is 1. The summed E-state index contributed by atoms with van der Waals surface area (Å²) in [5, 5.41) is 11.5. The fourth-order valence-electron chi connectivity index (χ4n) is 3.05. The van der Waals surface area contributed by atoms with Crippen molar-refractivity contribution in [3.05, 3.63) is 42.0 Å². The van der Waals surface area contributed by atoms with E-state index in [4.69, 9.17) is 8.83 Å². The van der Waals surface area contributed by atoms with Gasteiger partial charge in [0.25, 0.3) is 5.91 Å². The monoisotopic (exact) mass is 311 g/mol. The summed E-state index contributed by atoms with van der Waals surface area (Å²) in [5.41, 5.74) is 0.672. The minimum Gasteiger partial charge on any atom is -0.451 e. The Morgan fingerprint density at radius 3 is 2.74 bits per heavy atom. The average Bonchev–Trinajstić information content (AvgIpc) is 3.22. The van der Waals surface area contributed by atoms with Crippen molar-refractivity contribution in [3.63, 3.8) is 0 Å². The van der Waals surface area contributed by atoms with Crippen LogP contribution in [0.4, 0.5) is 6.01 Å². The van der Waals surface area contributed by atoms with Crippen molar-refractivity contribution in [2.45, 2.75) is 38.0 Å². The number of rotatable bonds is 3. The molecule has 6 nitrogen and oxygen atoms in total. The van der Waals surface area contributed by atoms with Gasteiger partial charge in [0.1, 0.15) is 5.58 Å². The number of para-hydroxylation sites is 1. The average molecular weight is 311 g/mol. The van der Waals surface area contributed by atoms with Gasteiger partial charge in [-0.25, -0.2) is 0 Å². The van der Waals surface area contributed by atoms with Crippen LogP contribution in [0.5, 0.6) is 0 Å². The van der Waals surface area contributed by atoms with E-state index in [1.54, 1.807) is 6.07 Å². The number of aromatic nitrogens is 2. The summed E-state index contributed by atoms with van der Waals surface area (Å²) < 4.78 is 11.1. The molecule has 1 amide bonds. The summed E-state index contributed by atoms with van der Waals surface area (Å²) in [5.74, 6) is 0.765. The minimum absolute atomic E-state index is 0.121. The van der Waals surface area contributed by atoms with E-state index in [9.17, 15) is 4.79 Å². The molecular weight excluding hydrogens is 294 g/mol. The second-order valence-corrected chi connectivity index (χ2v) is 5.88. The van der Waals surface area contributed by atoms with E-state index >= 15 is 0 Å². The Hall–Kier alpha value is -2.63. The van der Waals surface area contributed by atoms with Crippen LogP contribution in [-0.4, -0.2) is 16.1 Å². The Balaban J connectivity index is 1.49. The van der Waals surface area contributed by atoms with Gasteiger partial charge in [-0.2, -0.15) is 0 Å². The van der Waals surface area contributed by atoms with Gasteiger partial charge in [-0.15, -0.1) is 5.10 Å². The normalized spacial score (nSPS) is 15.8. The molecule has 6 heteroatoms. The first-order valence-electron chi connectivity index (χ1n) is 7.93. The van der Waals surface area contributed by atoms with Gasteiger partial charge < -0.3 is 8.83 Å².